The van der Waals surface area contributed by atoms with Gasteiger partial charge in [0, 0.05) is 6.20 Å². The first-order valence-corrected chi connectivity index (χ1v) is 4.00. The van der Waals surface area contributed by atoms with Gasteiger partial charge < -0.3 is 5.32 Å². The summed E-state index contributed by atoms with van der Waals surface area (Å²) >= 11 is 0. The van der Waals surface area contributed by atoms with E-state index in [1.807, 2.05) is 23.5 Å². The number of nitrogens with one attached hydrogen (secondary N) is 1. The van der Waals surface area contributed by atoms with Crippen LogP contribution in [0, 0.1) is 0 Å². The van der Waals surface area contributed by atoms with Gasteiger partial charge in [0.1, 0.15) is 0 Å². The molecule has 0 spiro atoms. The van der Waals surface area contributed by atoms with Crippen LogP contribution in [-0.2, 0) is 4.79 Å². The highest BCUT2D eigenvalue weighted by Crippen LogP contribution is 2.00. The molecule has 0 atom stereocenters. The molecule has 0 unspecified atom stereocenters. The van der Waals surface area contributed by atoms with Gasteiger partial charge in [-0.2, -0.15) is 8.78 Å². The van der Waals surface area contributed by atoms with Crippen LogP contribution in [0.5, 0.6) is 0 Å². The van der Waals surface area contributed by atoms with Crippen LogP contribution < -0.4 is 5.32 Å². The summed E-state index contributed by atoms with van der Waals surface area (Å²) in [7, 11) is 0. The SMILES string of the molecule is O=C(N/C=C/c1ccccc1)C(F)F. The van der Waals surface area contributed by atoms with Crippen molar-refractivity contribution in [1.82, 2.24) is 5.32 Å². The molecule has 0 radical (unpaired) electrons. The molecule has 0 bridgehead atoms. The van der Waals surface area contributed by atoms with Crippen molar-refractivity contribution in [2.24, 2.45) is 0 Å². The van der Waals surface area contributed by atoms with Crippen LogP contribution in [0.1, 0.15) is 5.56 Å². The largest absolute Gasteiger partial charge is 0.328 e. The molecule has 74 valence electrons. The topological polar surface area (TPSA) is 29.1 Å². The minimum absolute atomic E-state index is 0.835. The van der Waals surface area contributed by atoms with E-state index in [1.165, 1.54) is 6.20 Å². The monoisotopic (exact) mass is 197 g/mol. The summed E-state index contributed by atoms with van der Waals surface area (Å²) in [5, 5.41) is 1.96. The van der Waals surface area contributed by atoms with Crippen molar-refractivity contribution in [2.45, 2.75) is 6.43 Å². The van der Waals surface area contributed by atoms with Crippen molar-refractivity contribution in [3.63, 3.8) is 0 Å². The zero-order valence-corrected chi connectivity index (χ0v) is 7.28. The Morgan fingerprint density at radius 3 is 2.50 bits per heavy atom. The maximum Gasteiger partial charge on any atom is 0.315 e. The van der Waals surface area contributed by atoms with Crippen molar-refractivity contribution in [1.29, 1.82) is 0 Å². The quantitative estimate of drug-likeness (QED) is 0.789. The van der Waals surface area contributed by atoms with Gasteiger partial charge in [-0.25, -0.2) is 0 Å². The number of carbonyl (C=O) groups is 1. The van der Waals surface area contributed by atoms with Gasteiger partial charge >= 0.3 is 6.43 Å². The van der Waals surface area contributed by atoms with Crippen LogP contribution >= 0.6 is 0 Å². The maximum absolute atomic E-state index is 11.7. The third-order valence-corrected chi connectivity index (χ3v) is 1.50. The molecule has 0 fully saturated rings. The summed E-state index contributed by atoms with van der Waals surface area (Å²) in [6.07, 6.45) is -0.236. The predicted molar refractivity (Wildman–Crippen MR) is 49.6 cm³/mol. The second kappa shape index (κ2) is 5.11. The van der Waals surface area contributed by atoms with E-state index in [1.54, 1.807) is 18.2 Å². The van der Waals surface area contributed by atoms with E-state index in [2.05, 4.69) is 0 Å². The fourth-order valence-corrected chi connectivity index (χ4v) is 0.847. The van der Waals surface area contributed by atoms with Crippen LogP contribution in [0.25, 0.3) is 6.08 Å². The summed E-state index contributed by atoms with van der Waals surface area (Å²) in [5.74, 6) is -1.29. The van der Waals surface area contributed by atoms with Crippen LogP contribution in [-0.4, -0.2) is 12.3 Å². The van der Waals surface area contributed by atoms with Crippen molar-refractivity contribution in [3.05, 3.63) is 42.1 Å². The van der Waals surface area contributed by atoms with Crippen LogP contribution in [0.3, 0.4) is 0 Å². The van der Waals surface area contributed by atoms with Crippen LogP contribution in [0.4, 0.5) is 8.78 Å². The van der Waals surface area contributed by atoms with E-state index in [4.69, 9.17) is 0 Å². The summed E-state index contributed by atoms with van der Waals surface area (Å²) in [5.41, 5.74) is 0.835. The normalized spacial score (nSPS) is 10.8. The van der Waals surface area contributed by atoms with Crippen molar-refractivity contribution in [2.75, 3.05) is 0 Å². The number of halogens is 2. The zero-order valence-electron chi connectivity index (χ0n) is 7.28. The van der Waals surface area contributed by atoms with E-state index >= 15 is 0 Å². The first kappa shape index (κ1) is 10.4. The van der Waals surface area contributed by atoms with Crippen molar-refractivity contribution < 1.29 is 13.6 Å². The number of amides is 1. The van der Waals surface area contributed by atoms with E-state index < -0.39 is 12.3 Å². The standard InChI is InChI=1S/C10H9F2NO/c11-9(12)10(14)13-7-6-8-4-2-1-3-5-8/h1-7,9H,(H,13,14)/b7-6+. The molecule has 0 aliphatic carbocycles. The molecule has 0 aliphatic heterocycles. The van der Waals surface area contributed by atoms with Gasteiger partial charge in [-0.05, 0) is 11.6 Å². The molecule has 1 N–H and O–H groups in total. The molecule has 1 aromatic rings. The Morgan fingerprint density at radius 2 is 1.93 bits per heavy atom. The molecule has 0 saturated heterocycles. The Bertz CT molecular complexity index is 322. The predicted octanol–water partition coefficient (Wildman–Crippen LogP) is 2.04. The number of carbonyl (C=O) groups excluding carboxylic acids is 1. The smallest absolute Gasteiger partial charge is 0.315 e. The Balaban J connectivity index is 2.46. The zero-order chi connectivity index (χ0) is 10.4. The summed E-state index contributed by atoms with van der Waals surface area (Å²) in [6, 6.07) is 9.06. The van der Waals surface area contributed by atoms with Gasteiger partial charge in [0.25, 0.3) is 5.91 Å². The number of rotatable bonds is 3. The second-order valence-electron chi connectivity index (χ2n) is 2.55. The molecule has 4 heteroatoms. The lowest BCUT2D eigenvalue weighted by molar-refractivity contribution is -0.130. The van der Waals surface area contributed by atoms with Crippen LogP contribution in [0.2, 0.25) is 0 Å². The summed E-state index contributed by atoms with van der Waals surface area (Å²) < 4.78 is 23.4. The molecule has 0 heterocycles. The summed E-state index contributed by atoms with van der Waals surface area (Å²) in [6.45, 7) is 0. The van der Waals surface area contributed by atoms with Gasteiger partial charge in [-0.15, -0.1) is 0 Å². The lowest BCUT2D eigenvalue weighted by Crippen LogP contribution is -2.24. The molecule has 14 heavy (non-hydrogen) atoms. The minimum Gasteiger partial charge on any atom is -0.328 e. The van der Waals surface area contributed by atoms with Crippen LogP contribution in [0.15, 0.2) is 36.5 Å². The van der Waals surface area contributed by atoms with Gasteiger partial charge in [0.05, 0.1) is 0 Å². The first-order valence-electron chi connectivity index (χ1n) is 4.00. The number of hydrogen-bond acceptors (Lipinski definition) is 1. The maximum atomic E-state index is 11.7. The Morgan fingerprint density at radius 1 is 1.29 bits per heavy atom. The second-order valence-corrected chi connectivity index (χ2v) is 2.55. The highest BCUT2D eigenvalue weighted by Gasteiger charge is 2.11. The third-order valence-electron chi connectivity index (χ3n) is 1.50. The first-order chi connectivity index (χ1) is 6.70. The fraction of sp³-hybridized carbons (Fsp3) is 0.100. The molecule has 0 aliphatic rings. The molecular weight excluding hydrogens is 188 g/mol. The fourth-order valence-electron chi connectivity index (χ4n) is 0.847. The average Bonchev–Trinajstić information content (AvgIpc) is 2.19. The third kappa shape index (κ3) is 3.35. The van der Waals surface area contributed by atoms with Gasteiger partial charge in [0.15, 0.2) is 0 Å². The van der Waals surface area contributed by atoms with Crippen molar-refractivity contribution in [3.8, 4) is 0 Å². The Kier molecular flexibility index (Phi) is 3.79. The van der Waals surface area contributed by atoms with Gasteiger partial charge in [-0.1, -0.05) is 30.3 Å². The Hall–Kier alpha value is -1.71. The number of benzene rings is 1. The summed E-state index contributed by atoms with van der Waals surface area (Å²) in [4.78, 5) is 10.4. The minimum atomic E-state index is -2.98. The van der Waals surface area contributed by atoms with E-state index in [0.717, 1.165) is 5.56 Å². The molecular formula is C10H9F2NO. The molecule has 1 aromatic carbocycles. The van der Waals surface area contributed by atoms with E-state index in [-0.39, 0.29) is 0 Å². The lowest BCUT2D eigenvalue weighted by Gasteiger charge is -1.96. The Labute approximate surface area is 80.2 Å². The highest BCUT2D eigenvalue weighted by molar-refractivity contribution is 5.80. The molecule has 1 amide bonds. The van der Waals surface area contributed by atoms with E-state index in [0.29, 0.717) is 0 Å². The van der Waals surface area contributed by atoms with Crippen molar-refractivity contribution >= 4 is 12.0 Å². The lowest BCUT2D eigenvalue weighted by atomic mass is 10.2. The number of alkyl halides is 2. The number of hydrogen-bond donors (Lipinski definition) is 1. The van der Waals surface area contributed by atoms with Gasteiger partial charge in [-0.3, -0.25) is 4.79 Å². The van der Waals surface area contributed by atoms with E-state index in [9.17, 15) is 13.6 Å². The molecule has 1 rings (SSSR count). The molecule has 0 aromatic heterocycles. The molecule has 0 saturated carbocycles. The van der Waals surface area contributed by atoms with Gasteiger partial charge in [0.2, 0.25) is 0 Å². The average molecular weight is 197 g/mol. The molecule has 2 nitrogen and oxygen atoms in total. The highest BCUT2D eigenvalue weighted by atomic mass is 19.3.